The molecule has 0 fully saturated rings. The summed E-state index contributed by atoms with van der Waals surface area (Å²) in [4.78, 5) is 26.5. The van der Waals surface area contributed by atoms with Gasteiger partial charge in [0, 0.05) is 29.2 Å². The van der Waals surface area contributed by atoms with E-state index in [4.69, 9.17) is 0 Å². The molecule has 2 aromatic carbocycles. The first-order valence-corrected chi connectivity index (χ1v) is 10.0. The molecule has 4 aromatic rings. The molecule has 8 nitrogen and oxygen atoms in total. The van der Waals surface area contributed by atoms with Gasteiger partial charge in [-0.3, -0.25) is 19.6 Å². The van der Waals surface area contributed by atoms with Crippen molar-refractivity contribution in [2.75, 3.05) is 6.54 Å². The van der Waals surface area contributed by atoms with Crippen LogP contribution in [0.15, 0.2) is 54.7 Å². The number of aryl methyl sites for hydroxylation is 1. The molecule has 4 rings (SSSR count). The van der Waals surface area contributed by atoms with Gasteiger partial charge in [0.25, 0.3) is 5.91 Å². The highest BCUT2D eigenvalue weighted by molar-refractivity contribution is 5.94. The molecule has 2 heterocycles. The van der Waals surface area contributed by atoms with Crippen LogP contribution in [0.4, 0.5) is 5.69 Å². The van der Waals surface area contributed by atoms with Crippen LogP contribution < -0.4 is 5.32 Å². The van der Waals surface area contributed by atoms with E-state index < -0.39 is 4.92 Å². The number of rotatable bonds is 7. The van der Waals surface area contributed by atoms with Crippen LogP contribution in [0.5, 0.6) is 0 Å². The van der Waals surface area contributed by atoms with Crippen LogP contribution in [-0.2, 0) is 13.0 Å². The third kappa shape index (κ3) is 4.18. The molecule has 158 valence electrons. The van der Waals surface area contributed by atoms with Crippen molar-refractivity contribution in [2.45, 2.75) is 26.8 Å². The number of fused-ring (bicyclic) bond motifs is 1. The molecule has 0 spiro atoms. The Hall–Kier alpha value is -3.94. The first-order chi connectivity index (χ1) is 14.9. The minimum Gasteiger partial charge on any atom is -0.361 e. The van der Waals surface area contributed by atoms with Crippen LogP contribution >= 0.6 is 0 Å². The fourth-order valence-corrected chi connectivity index (χ4v) is 3.79. The number of H-pyrrole nitrogens is 1. The van der Waals surface area contributed by atoms with E-state index in [1.165, 1.54) is 10.9 Å². The van der Waals surface area contributed by atoms with Gasteiger partial charge in [-0.25, -0.2) is 0 Å². The summed E-state index contributed by atoms with van der Waals surface area (Å²) in [5.41, 5.74) is 4.71. The lowest BCUT2D eigenvalue weighted by Crippen LogP contribution is -2.25. The topological polar surface area (TPSA) is 106 Å². The second-order valence-electron chi connectivity index (χ2n) is 7.50. The SMILES string of the molecule is Cc1nn(Cc2ccc(C(=O)NCCc3c[nH]c4ccccc34)cc2)c(C)c1[N+](=O)[O-]. The summed E-state index contributed by atoms with van der Waals surface area (Å²) in [5, 5.41) is 19.6. The Labute approximate surface area is 179 Å². The Bertz CT molecular complexity index is 1250. The zero-order valence-electron chi connectivity index (χ0n) is 17.4. The number of nitrogens with zero attached hydrogens (tertiary/aromatic N) is 3. The van der Waals surface area contributed by atoms with Crippen molar-refractivity contribution in [2.24, 2.45) is 0 Å². The second-order valence-corrected chi connectivity index (χ2v) is 7.50. The fourth-order valence-electron chi connectivity index (χ4n) is 3.79. The normalized spacial score (nSPS) is 11.0. The summed E-state index contributed by atoms with van der Waals surface area (Å²) >= 11 is 0. The second kappa shape index (κ2) is 8.43. The highest BCUT2D eigenvalue weighted by Gasteiger charge is 2.21. The summed E-state index contributed by atoms with van der Waals surface area (Å²) in [7, 11) is 0. The Kier molecular flexibility index (Phi) is 5.53. The number of aromatic amines is 1. The third-order valence-corrected chi connectivity index (χ3v) is 5.43. The van der Waals surface area contributed by atoms with Gasteiger partial charge in [0.1, 0.15) is 11.4 Å². The highest BCUT2D eigenvalue weighted by Crippen LogP contribution is 2.22. The number of hydrogen-bond donors (Lipinski definition) is 2. The van der Waals surface area contributed by atoms with Crippen molar-refractivity contribution in [3.63, 3.8) is 0 Å². The molecule has 0 bridgehead atoms. The zero-order valence-corrected chi connectivity index (χ0v) is 17.4. The third-order valence-electron chi connectivity index (χ3n) is 5.43. The molecular weight excluding hydrogens is 394 g/mol. The van der Waals surface area contributed by atoms with Gasteiger partial charge < -0.3 is 10.3 Å². The number of aromatic nitrogens is 3. The van der Waals surface area contributed by atoms with Crippen LogP contribution in [0.25, 0.3) is 10.9 Å². The van der Waals surface area contributed by atoms with Crippen LogP contribution in [0.1, 0.15) is 32.9 Å². The van der Waals surface area contributed by atoms with Gasteiger partial charge in [0.2, 0.25) is 0 Å². The van der Waals surface area contributed by atoms with Crippen molar-refractivity contribution in [1.82, 2.24) is 20.1 Å². The molecule has 2 aromatic heterocycles. The van der Waals surface area contributed by atoms with E-state index in [9.17, 15) is 14.9 Å². The molecule has 0 saturated heterocycles. The molecule has 0 aliphatic rings. The molecule has 0 radical (unpaired) electrons. The molecule has 31 heavy (non-hydrogen) atoms. The highest BCUT2D eigenvalue weighted by atomic mass is 16.6. The molecule has 8 heteroatoms. The monoisotopic (exact) mass is 417 g/mol. The molecule has 0 atom stereocenters. The molecule has 0 saturated carbocycles. The van der Waals surface area contributed by atoms with Crippen LogP contribution in [0.2, 0.25) is 0 Å². The number of carbonyl (C=O) groups is 1. The zero-order chi connectivity index (χ0) is 22.0. The average molecular weight is 417 g/mol. The standard InChI is InChI=1S/C23H23N5O3/c1-15-22(28(30)31)16(2)27(26-15)14-17-7-9-18(10-8-17)23(29)24-12-11-19-13-25-21-6-4-3-5-20(19)21/h3-10,13,25H,11-12,14H2,1-2H3,(H,24,29). The molecular formula is C23H23N5O3. The summed E-state index contributed by atoms with van der Waals surface area (Å²) in [6.07, 6.45) is 2.72. The maximum Gasteiger partial charge on any atom is 0.312 e. The van der Waals surface area contributed by atoms with E-state index in [1.807, 2.05) is 36.5 Å². The summed E-state index contributed by atoms with van der Waals surface area (Å²) < 4.78 is 1.61. The number of amides is 1. The van der Waals surface area contributed by atoms with Crippen molar-refractivity contribution in [3.05, 3.63) is 92.9 Å². The van der Waals surface area contributed by atoms with Gasteiger partial charge in [-0.05, 0) is 49.6 Å². The van der Waals surface area contributed by atoms with Gasteiger partial charge in [-0.1, -0.05) is 30.3 Å². The predicted octanol–water partition coefficient (Wildman–Crippen LogP) is 3.91. The maximum atomic E-state index is 12.5. The molecule has 0 aliphatic heterocycles. The number of carbonyl (C=O) groups excluding carboxylic acids is 1. The molecule has 1 amide bonds. The van der Waals surface area contributed by atoms with Crippen LogP contribution in [-0.4, -0.2) is 32.1 Å². The smallest absolute Gasteiger partial charge is 0.312 e. The van der Waals surface area contributed by atoms with Crippen molar-refractivity contribution in [1.29, 1.82) is 0 Å². The van der Waals surface area contributed by atoms with E-state index in [1.54, 1.807) is 30.7 Å². The largest absolute Gasteiger partial charge is 0.361 e. The summed E-state index contributed by atoms with van der Waals surface area (Å²) in [5.74, 6) is -0.131. The number of hydrogen-bond acceptors (Lipinski definition) is 4. The van der Waals surface area contributed by atoms with Gasteiger partial charge in [0.15, 0.2) is 0 Å². The van der Waals surface area contributed by atoms with Crippen LogP contribution in [0, 0.1) is 24.0 Å². The predicted molar refractivity (Wildman–Crippen MR) is 118 cm³/mol. The minimum atomic E-state index is -0.405. The number of para-hydroxylation sites is 1. The molecule has 2 N–H and O–H groups in total. The lowest BCUT2D eigenvalue weighted by atomic mass is 10.1. The molecule has 0 aliphatic carbocycles. The summed E-state index contributed by atoms with van der Waals surface area (Å²) in [6, 6.07) is 15.3. The molecule has 0 unspecified atom stereocenters. The lowest BCUT2D eigenvalue weighted by Gasteiger charge is -2.07. The van der Waals surface area contributed by atoms with Gasteiger partial charge >= 0.3 is 5.69 Å². The van der Waals surface area contributed by atoms with E-state index in [-0.39, 0.29) is 11.6 Å². The first-order valence-electron chi connectivity index (χ1n) is 10.0. The first kappa shape index (κ1) is 20.3. The fraction of sp³-hybridized carbons (Fsp3) is 0.217. The van der Waals surface area contributed by atoms with Crippen LogP contribution in [0.3, 0.4) is 0 Å². The van der Waals surface area contributed by atoms with Crippen molar-refractivity contribution >= 4 is 22.5 Å². The van der Waals surface area contributed by atoms with Gasteiger partial charge in [-0.2, -0.15) is 5.10 Å². The number of nitro groups is 1. The van der Waals surface area contributed by atoms with E-state index in [2.05, 4.69) is 21.5 Å². The van der Waals surface area contributed by atoms with Gasteiger partial charge in [-0.15, -0.1) is 0 Å². The summed E-state index contributed by atoms with van der Waals surface area (Å²) in [6.45, 7) is 4.26. The van der Waals surface area contributed by atoms with Gasteiger partial charge in [0.05, 0.1) is 11.5 Å². The quantitative estimate of drug-likeness (QED) is 0.351. The number of nitrogens with one attached hydrogen (secondary N) is 2. The maximum absolute atomic E-state index is 12.5. The Morgan fingerprint density at radius 3 is 2.61 bits per heavy atom. The lowest BCUT2D eigenvalue weighted by molar-refractivity contribution is -0.386. The van der Waals surface area contributed by atoms with E-state index in [0.717, 1.165) is 17.5 Å². The van der Waals surface area contributed by atoms with E-state index in [0.29, 0.717) is 30.0 Å². The van der Waals surface area contributed by atoms with Crippen molar-refractivity contribution < 1.29 is 9.72 Å². The number of benzene rings is 2. The Balaban J connectivity index is 1.36. The Morgan fingerprint density at radius 1 is 1.16 bits per heavy atom. The average Bonchev–Trinajstić information content (AvgIpc) is 3.29. The van der Waals surface area contributed by atoms with Crippen molar-refractivity contribution in [3.8, 4) is 0 Å². The Morgan fingerprint density at radius 2 is 1.90 bits per heavy atom. The minimum absolute atomic E-state index is 0.0474. The van der Waals surface area contributed by atoms with E-state index >= 15 is 0 Å².